The maximum Gasteiger partial charge on any atom is 0.220 e. The number of benzene rings is 1. The average Bonchev–Trinajstić information content (AvgIpc) is 3.33. The minimum atomic E-state index is -0.733. The summed E-state index contributed by atoms with van der Waals surface area (Å²) in [5.41, 5.74) is 0.490. The Kier molecular flexibility index (Phi) is 8.28. The van der Waals surface area contributed by atoms with Gasteiger partial charge in [0.15, 0.2) is 17.3 Å². The Morgan fingerprint density at radius 2 is 0.778 bits per heavy atom. The first-order chi connectivity index (χ1) is 17.3. The maximum absolute atomic E-state index is 13.4. The van der Waals surface area contributed by atoms with Gasteiger partial charge in [-0.25, -0.2) is 0 Å². The first-order valence-electron chi connectivity index (χ1n) is 13.0. The fourth-order valence-corrected chi connectivity index (χ4v) is 5.17. The van der Waals surface area contributed by atoms with E-state index in [-0.39, 0.29) is 51.8 Å². The van der Waals surface area contributed by atoms with Crippen molar-refractivity contribution in [1.82, 2.24) is 16.0 Å². The molecule has 192 valence electrons. The number of carbonyl (C=O) groups excluding carboxylic acids is 6. The molecule has 9 heteroatoms. The predicted octanol–water partition coefficient (Wildman–Crippen LogP) is 2.41. The highest BCUT2D eigenvalue weighted by molar-refractivity contribution is 6.11. The normalized spacial score (nSPS) is 25.3. The van der Waals surface area contributed by atoms with E-state index in [1.165, 1.54) is 18.2 Å². The highest BCUT2D eigenvalue weighted by Gasteiger charge is 2.31. The van der Waals surface area contributed by atoms with Crippen LogP contribution in [0.3, 0.4) is 0 Å². The Hall–Kier alpha value is -3.36. The highest BCUT2D eigenvalue weighted by atomic mass is 16.2. The number of hydrogen-bond donors (Lipinski definition) is 3. The molecule has 0 saturated carbocycles. The summed E-state index contributed by atoms with van der Waals surface area (Å²) in [7, 11) is 0. The number of carbonyl (C=O) groups is 6. The van der Waals surface area contributed by atoms with E-state index in [4.69, 9.17) is 0 Å². The van der Waals surface area contributed by atoms with E-state index >= 15 is 0 Å². The third-order valence-corrected chi connectivity index (χ3v) is 7.18. The van der Waals surface area contributed by atoms with E-state index in [2.05, 4.69) is 16.0 Å². The molecule has 3 aliphatic rings. The molecule has 0 spiro atoms. The second-order valence-corrected chi connectivity index (χ2v) is 9.99. The maximum atomic E-state index is 13.4. The summed E-state index contributed by atoms with van der Waals surface area (Å²) in [6.07, 6.45) is 6.71. The van der Waals surface area contributed by atoms with Crippen molar-refractivity contribution in [3.8, 4) is 0 Å². The zero-order valence-corrected chi connectivity index (χ0v) is 20.4. The summed E-state index contributed by atoms with van der Waals surface area (Å²) < 4.78 is 0. The standard InChI is InChI=1S/C27H33N3O6/c31-22-10-4-1-7-19(28-22)25(34)16-13-17(26(35)20-8-2-5-11-23(32)29-20)15-18(14-16)27(36)21-9-3-6-12-24(33)30-21/h13-15,19-21H,1-12H2,(H,28,31)(H,29,32)(H,30,33). The Bertz CT molecular complexity index is 936. The summed E-state index contributed by atoms with van der Waals surface area (Å²) in [5, 5.41) is 8.27. The molecule has 3 unspecified atom stereocenters. The average molecular weight is 496 g/mol. The van der Waals surface area contributed by atoms with Gasteiger partial charge in [0.25, 0.3) is 0 Å². The Morgan fingerprint density at radius 1 is 0.500 bits per heavy atom. The van der Waals surface area contributed by atoms with Gasteiger partial charge in [0.1, 0.15) is 0 Å². The van der Waals surface area contributed by atoms with E-state index in [1.54, 1.807) is 0 Å². The Labute approximate surface area is 210 Å². The lowest BCUT2D eigenvalue weighted by Crippen LogP contribution is -2.41. The van der Waals surface area contributed by atoms with Gasteiger partial charge in [0, 0.05) is 36.0 Å². The molecule has 1 aromatic rings. The molecule has 36 heavy (non-hydrogen) atoms. The molecule has 3 saturated heterocycles. The molecule has 3 amide bonds. The van der Waals surface area contributed by atoms with E-state index in [1.807, 2.05) is 0 Å². The van der Waals surface area contributed by atoms with Crippen LogP contribution in [-0.2, 0) is 14.4 Å². The fourth-order valence-electron chi connectivity index (χ4n) is 5.17. The second kappa shape index (κ2) is 11.6. The summed E-state index contributed by atoms with van der Waals surface area (Å²) in [6.45, 7) is 0. The van der Waals surface area contributed by atoms with Crippen molar-refractivity contribution in [2.45, 2.75) is 95.2 Å². The van der Waals surface area contributed by atoms with Gasteiger partial charge in [-0.1, -0.05) is 19.3 Å². The van der Waals surface area contributed by atoms with Crippen molar-refractivity contribution < 1.29 is 28.8 Å². The van der Waals surface area contributed by atoms with E-state index in [0.29, 0.717) is 77.0 Å². The molecule has 3 fully saturated rings. The van der Waals surface area contributed by atoms with Gasteiger partial charge in [-0.05, 0) is 56.7 Å². The van der Waals surface area contributed by atoms with Crippen LogP contribution < -0.4 is 16.0 Å². The Balaban J connectivity index is 1.69. The van der Waals surface area contributed by atoms with Gasteiger partial charge in [0.05, 0.1) is 18.1 Å². The van der Waals surface area contributed by atoms with Crippen LogP contribution in [0.5, 0.6) is 0 Å². The van der Waals surface area contributed by atoms with Gasteiger partial charge in [-0.2, -0.15) is 0 Å². The summed E-state index contributed by atoms with van der Waals surface area (Å²) in [6, 6.07) is 2.18. The van der Waals surface area contributed by atoms with Crippen molar-refractivity contribution in [3.05, 3.63) is 34.9 Å². The molecule has 9 nitrogen and oxygen atoms in total. The van der Waals surface area contributed by atoms with E-state index in [9.17, 15) is 28.8 Å². The minimum absolute atomic E-state index is 0.163. The molecule has 0 bridgehead atoms. The monoisotopic (exact) mass is 495 g/mol. The lowest BCUT2D eigenvalue weighted by atomic mass is 9.90. The molecular weight excluding hydrogens is 462 g/mol. The smallest absolute Gasteiger partial charge is 0.220 e. The van der Waals surface area contributed by atoms with Crippen molar-refractivity contribution in [2.24, 2.45) is 0 Å². The first-order valence-corrected chi connectivity index (χ1v) is 13.0. The van der Waals surface area contributed by atoms with Gasteiger partial charge in [-0.15, -0.1) is 0 Å². The summed E-state index contributed by atoms with van der Waals surface area (Å²) in [5.74, 6) is -1.67. The molecule has 0 aliphatic carbocycles. The number of amides is 3. The molecule has 3 N–H and O–H groups in total. The summed E-state index contributed by atoms with van der Waals surface area (Å²) in [4.78, 5) is 76.5. The number of rotatable bonds is 6. The SMILES string of the molecule is O=C1CCCCC(C(=O)c2cc(C(=O)C3CCCCC(=O)N3)cc(C(=O)C3CCCCC(=O)N3)c2)N1. The van der Waals surface area contributed by atoms with Gasteiger partial charge in [-0.3, -0.25) is 28.8 Å². The van der Waals surface area contributed by atoms with Crippen LogP contribution in [0.4, 0.5) is 0 Å². The lowest BCUT2D eigenvalue weighted by molar-refractivity contribution is -0.122. The van der Waals surface area contributed by atoms with Crippen LogP contribution in [0, 0.1) is 0 Å². The molecule has 3 heterocycles. The zero-order valence-electron chi connectivity index (χ0n) is 20.4. The molecular formula is C27H33N3O6. The van der Waals surface area contributed by atoms with Crippen molar-refractivity contribution in [3.63, 3.8) is 0 Å². The van der Waals surface area contributed by atoms with Crippen LogP contribution >= 0.6 is 0 Å². The molecule has 3 atom stereocenters. The topological polar surface area (TPSA) is 139 Å². The zero-order chi connectivity index (χ0) is 25.7. The number of hydrogen-bond acceptors (Lipinski definition) is 6. The van der Waals surface area contributed by atoms with Crippen LogP contribution in [0.1, 0.15) is 108 Å². The number of nitrogens with one attached hydrogen (secondary N) is 3. The van der Waals surface area contributed by atoms with Gasteiger partial charge < -0.3 is 16.0 Å². The largest absolute Gasteiger partial charge is 0.346 e. The van der Waals surface area contributed by atoms with Crippen LogP contribution in [-0.4, -0.2) is 53.2 Å². The van der Waals surface area contributed by atoms with Crippen molar-refractivity contribution >= 4 is 35.1 Å². The second-order valence-electron chi connectivity index (χ2n) is 9.99. The van der Waals surface area contributed by atoms with E-state index < -0.39 is 18.1 Å². The van der Waals surface area contributed by atoms with Crippen molar-refractivity contribution in [1.29, 1.82) is 0 Å². The van der Waals surface area contributed by atoms with Gasteiger partial charge >= 0.3 is 0 Å². The molecule has 3 aliphatic heterocycles. The lowest BCUT2D eigenvalue weighted by Gasteiger charge is -2.20. The number of Topliss-reactive ketones (excluding diaryl/α,β-unsaturated/α-hetero) is 3. The van der Waals surface area contributed by atoms with Crippen LogP contribution in [0.25, 0.3) is 0 Å². The minimum Gasteiger partial charge on any atom is -0.346 e. The molecule has 0 radical (unpaired) electrons. The van der Waals surface area contributed by atoms with Crippen LogP contribution in [0.15, 0.2) is 18.2 Å². The predicted molar refractivity (Wildman–Crippen MR) is 131 cm³/mol. The first kappa shape index (κ1) is 25.7. The molecule has 0 aromatic heterocycles. The fraction of sp³-hybridized carbons (Fsp3) is 0.556. The van der Waals surface area contributed by atoms with Crippen LogP contribution in [0.2, 0.25) is 0 Å². The highest BCUT2D eigenvalue weighted by Crippen LogP contribution is 2.22. The van der Waals surface area contributed by atoms with Gasteiger partial charge in [0.2, 0.25) is 17.7 Å². The molecule has 1 aromatic carbocycles. The van der Waals surface area contributed by atoms with E-state index in [0.717, 1.165) is 0 Å². The molecule has 4 rings (SSSR count). The third-order valence-electron chi connectivity index (χ3n) is 7.18. The summed E-state index contributed by atoms with van der Waals surface area (Å²) >= 11 is 0. The number of ketones is 3. The quantitative estimate of drug-likeness (QED) is 0.518. The third kappa shape index (κ3) is 6.25. The Morgan fingerprint density at radius 3 is 1.06 bits per heavy atom. The van der Waals surface area contributed by atoms with Crippen molar-refractivity contribution in [2.75, 3.05) is 0 Å².